The van der Waals surface area contributed by atoms with Crippen LogP contribution in [-0.4, -0.2) is 45.3 Å². The molecule has 1 aromatic heterocycles. The molecule has 1 aromatic carbocycles. The number of carboxylic acids is 1. The summed E-state index contributed by atoms with van der Waals surface area (Å²) >= 11 is 0. The Morgan fingerprint density at radius 1 is 1.30 bits per heavy atom. The number of aromatic amines is 1. The molecule has 2 aromatic rings. The van der Waals surface area contributed by atoms with E-state index in [1.54, 1.807) is 0 Å². The summed E-state index contributed by atoms with van der Waals surface area (Å²) in [6, 6.07) is 8.04. The molecule has 0 aliphatic rings. The first-order chi connectivity index (χ1) is 9.54. The molecule has 0 saturated heterocycles. The third-order valence-electron chi connectivity index (χ3n) is 2.82. The van der Waals surface area contributed by atoms with Crippen molar-refractivity contribution in [3.8, 4) is 11.4 Å². The lowest BCUT2D eigenvalue weighted by atomic mass is 10.1. The van der Waals surface area contributed by atoms with Crippen LogP contribution in [0.5, 0.6) is 0 Å². The maximum absolute atomic E-state index is 10.5. The zero-order valence-electron chi connectivity index (χ0n) is 11.6. The van der Waals surface area contributed by atoms with Crippen LogP contribution in [0.25, 0.3) is 11.4 Å². The van der Waals surface area contributed by atoms with E-state index in [1.807, 2.05) is 38.4 Å². The fourth-order valence-electron chi connectivity index (χ4n) is 1.89. The molecule has 6 nitrogen and oxygen atoms in total. The molecule has 0 aliphatic carbocycles. The van der Waals surface area contributed by atoms with Gasteiger partial charge in [0.25, 0.3) is 0 Å². The second-order valence-corrected chi connectivity index (χ2v) is 4.93. The van der Waals surface area contributed by atoms with Crippen molar-refractivity contribution in [2.75, 3.05) is 14.1 Å². The zero-order chi connectivity index (χ0) is 14.5. The van der Waals surface area contributed by atoms with Gasteiger partial charge in [0.05, 0.1) is 6.42 Å². The number of rotatable bonds is 6. The van der Waals surface area contributed by atoms with Gasteiger partial charge in [0, 0.05) is 18.5 Å². The molecule has 0 aliphatic heterocycles. The number of benzene rings is 1. The average Bonchev–Trinajstić information content (AvgIpc) is 2.85. The lowest BCUT2D eigenvalue weighted by molar-refractivity contribution is -0.137. The van der Waals surface area contributed by atoms with Gasteiger partial charge in [0.1, 0.15) is 5.82 Å². The Labute approximate surface area is 117 Å². The van der Waals surface area contributed by atoms with Crippen molar-refractivity contribution in [3.05, 3.63) is 35.7 Å². The van der Waals surface area contributed by atoms with Crippen LogP contribution in [0.2, 0.25) is 0 Å². The molecule has 6 heteroatoms. The van der Waals surface area contributed by atoms with Crippen molar-refractivity contribution in [3.63, 3.8) is 0 Å². The standard InChI is InChI=1S/C14H18N4O2/c1-18(2)9-10-3-5-11(6-4-10)14-15-12(16-17-14)7-8-13(19)20/h3-6H,7-9H2,1-2H3,(H,19,20)(H,15,16,17). The van der Waals surface area contributed by atoms with Crippen LogP contribution in [0.15, 0.2) is 24.3 Å². The number of nitrogens with zero attached hydrogens (tertiary/aromatic N) is 3. The first-order valence-electron chi connectivity index (χ1n) is 6.41. The Balaban J connectivity index is 2.06. The van der Waals surface area contributed by atoms with Crippen molar-refractivity contribution < 1.29 is 9.90 Å². The quantitative estimate of drug-likeness (QED) is 0.835. The maximum Gasteiger partial charge on any atom is 0.303 e. The Kier molecular flexibility index (Phi) is 4.47. The summed E-state index contributed by atoms with van der Waals surface area (Å²) in [6.45, 7) is 0.887. The normalized spacial score (nSPS) is 10.9. The van der Waals surface area contributed by atoms with E-state index in [2.05, 4.69) is 20.1 Å². The minimum Gasteiger partial charge on any atom is -0.481 e. The Bertz CT molecular complexity index is 575. The Morgan fingerprint density at radius 2 is 2.00 bits per heavy atom. The predicted molar refractivity (Wildman–Crippen MR) is 75.2 cm³/mol. The number of aryl methyl sites for hydroxylation is 1. The number of H-pyrrole nitrogens is 1. The average molecular weight is 274 g/mol. The van der Waals surface area contributed by atoms with E-state index in [4.69, 9.17) is 5.11 Å². The fraction of sp³-hybridized carbons (Fsp3) is 0.357. The molecule has 0 spiro atoms. The van der Waals surface area contributed by atoms with Crippen LogP contribution in [0.3, 0.4) is 0 Å². The highest BCUT2D eigenvalue weighted by Crippen LogP contribution is 2.16. The molecule has 1 heterocycles. The predicted octanol–water partition coefficient (Wildman–Crippen LogP) is 1.55. The molecule has 2 rings (SSSR count). The van der Waals surface area contributed by atoms with Gasteiger partial charge in [-0.25, -0.2) is 4.98 Å². The topological polar surface area (TPSA) is 82.1 Å². The van der Waals surface area contributed by atoms with Crippen molar-refractivity contribution in [1.29, 1.82) is 0 Å². The number of nitrogens with one attached hydrogen (secondary N) is 1. The van der Waals surface area contributed by atoms with Crippen LogP contribution < -0.4 is 0 Å². The van der Waals surface area contributed by atoms with E-state index in [-0.39, 0.29) is 6.42 Å². The molecule has 0 bridgehead atoms. The van der Waals surface area contributed by atoms with Crippen LogP contribution >= 0.6 is 0 Å². The molecule has 20 heavy (non-hydrogen) atoms. The SMILES string of the molecule is CN(C)Cc1ccc(-c2n[nH]c(CCC(=O)O)n2)cc1. The Hall–Kier alpha value is -2.21. The maximum atomic E-state index is 10.5. The van der Waals surface area contributed by atoms with Crippen LogP contribution in [0.1, 0.15) is 17.8 Å². The summed E-state index contributed by atoms with van der Waals surface area (Å²) in [5, 5.41) is 15.5. The minimum absolute atomic E-state index is 0.0520. The van der Waals surface area contributed by atoms with E-state index in [0.29, 0.717) is 18.1 Å². The van der Waals surface area contributed by atoms with E-state index < -0.39 is 5.97 Å². The monoisotopic (exact) mass is 274 g/mol. The summed E-state index contributed by atoms with van der Waals surface area (Å²) < 4.78 is 0. The van der Waals surface area contributed by atoms with E-state index in [9.17, 15) is 4.79 Å². The van der Waals surface area contributed by atoms with Gasteiger partial charge >= 0.3 is 5.97 Å². The van der Waals surface area contributed by atoms with Crippen molar-refractivity contribution in [2.24, 2.45) is 0 Å². The van der Waals surface area contributed by atoms with Crippen LogP contribution in [-0.2, 0) is 17.8 Å². The van der Waals surface area contributed by atoms with E-state index in [1.165, 1.54) is 5.56 Å². The zero-order valence-corrected chi connectivity index (χ0v) is 11.6. The number of aromatic nitrogens is 3. The number of carboxylic acid groups (broad SMARTS) is 1. The van der Waals surface area contributed by atoms with Gasteiger partial charge < -0.3 is 10.0 Å². The first kappa shape index (κ1) is 14.2. The lowest BCUT2D eigenvalue weighted by Crippen LogP contribution is -2.10. The van der Waals surface area contributed by atoms with Gasteiger partial charge in [-0.3, -0.25) is 9.89 Å². The van der Waals surface area contributed by atoms with Crippen molar-refractivity contribution in [2.45, 2.75) is 19.4 Å². The summed E-state index contributed by atoms with van der Waals surface area (Å²) in [6.07, 6.45) is 0.414. The van der Waals surface area contributed by atoms with Gasteiger partial charge in [-0.2, -0.15) is 5.10 Å². The summed E-state index contributed by atoms with van der Waals surface area (Å²) in [7, 11) is 4.05. The molecule has 106 valence electrons. The molecule has 0 saturated carbocycles. The second-order valence-electron chi connectivity index (χ2n) is 4.93. The summed E-state index contributed by atoms with van der Waals surface area (Å²) in [5.41, 5.74) is 2.14. The highest BCUT2D eigenvalue weighted by Gasteiger charge is 2.07. The molecule has 2 N–H and O–H groups in total. The molecule has 0 radical (unpaired) electrons. The number of aliphatic carboxylic acids is 1. The van der Waals surface area contributed by atoms with Gasteiger partial charge in [-0.1, -0.05) is 24.3 Å². The van der Waals surface area contributed by atoms with Gasteiger partial charge in [-0.05, 0) is 19.7 Å². The van der Waals surface area contributed by atoms with Gasteiger partial charge in [0.2, 0.25) is 0 Å². The molecule has 0 fully saturated rings. The second kappa shape index (κ2) is 6.29. The Morgan fingerprint density at radius 3 is 2.60 bits per heavy atom. The summed E-state index contributed by atoms with van der Waals surface area (Å²) in [4.78, 5) is 16.9. The third-order valence-corrected chi connectivity index (χ3v) is 2.82. The van der Waals surface area contributed by atoms with Crippen molar-refractivity contribution >= 4 is 5.97 Å². The van der Waals surface area contributed by atoms with E-state index >= 15 is 0 Å². The van der Waals surface area contributed by atoms with Crippen LogP contribution in [0, 0.1) is 0 Å². The third kappa shape index (κ3) is 3.89. The smallest absolute Gasteiger partial charge is 0.303 e. The molecule has 0 unspecified atom stereocenters. The van der Waals surface area contributed by atoms with E-state index in [0.717, 1.165) is 12.1 Å². The van der Waals surface area contributed by atoms with Gasteiger partial charge in [0.15, 0.2) is 5.82 Å². The van der Waals surface area contributed by atoms with Crippen molar-refractivity contribution in [1.82, 2.24) is 20.1 Å². The molecular formula is C14H18N4O2. The highest BCUT2D eigenvalue weighted by molar-refractivity contribution is 5.66. The molecular weight excluding hydrogens is 256 g/mol. The number of carbonyl (C=O) groups is 1. The number of hydrogen-bond acceptors (Lipinski definition) is 4. The number of hydrogen-bond donors (Lipinski definition) is 2. The largest absolute Gasteiger partial charge is 0.481 e. The minimum atomic E-state index is -0.837. The van der Waals surface area contributed by atoms with Crippen LogP contribution in [0.4, 0.5) is 0 Å². The first-order valence-corrected chi connectivity index (χ1v) is 6.41. The fourth-order valence-corrected chi connectivity index (χ4v) is 1.89. The van der Waals surface area contributed by atoms with Gasteiger partial charge in [-0.15, -0.1) is 0 Å². The lowest BCUT2D eigenvalue weighted by Gasteiger charge is -2.09. The molecule has 0 atom stereocenters. The molecule has 0 amide bonds. The highest BCUT2D eigenvalue weighted by atomic mass is 16.4. The summed E-state index contributed by atoms with van der Waals surface area (Å²) in [5.74, 6) is 0.359.